The Balaban J connectivity index is 1.35. The second-order valence-electron chi connectivity index (χ2n) is 6.72. The van der Waals surface area contributed by atoms with Crippen molar-refractivity contribution in [1.82, 2.24) is 24.7 Å². The van der Waals surface area contributed by atoms with Gasteiger partial charge in [0.15, 0.2) is 0 Å². The van der Waals surface area contributed by atoms with E-state index in [9.17, 15) is 4.79 Å². The molecule has 0 aliphatic heterocycles. The van der Waals surface area contributed by atoms with Crippen LogP contribution in [0.4, 0.5) is 0 Å². The van der Waals surface area contributed by atoms with Crippen molar-refractivity contribution in [1.29, 1.82) is 0 Å². The lowest BCUT2D eigenvalue weighted by Gasteiger charge is -2.28. The van der Waals surface area contributed by atoms with Gasteiger partial charge < -0.3 is 10.1 Å². The quantitative estimate of drug-likeness (QED) is 0.745. The van der Waals surface area contributed by atoms with Gasteiger partial charge in [-0.15, -0.1) is 0 Å². The van der Waals surface area contributed by atoms with Gasteiger partial charge in [0.05, 0.1) is 23.1 Å². The summed E-state index contributed by atoms with van der Waals surface area (Å²) in [6.45, 7) is 1.86. The van der Waals surface area contributed by atoms with E-state index in [4.69, 9.17) is 16.3 Å². The van der Waals surface area contributed by atoms with Gasteiger partial charge in [-0.25, -0.2) is 15.0 Å². The van der Waals surface area contributed by atoms with Crippen molar-refractivity contribution in [3.63, 3.8) is 0 Å². The zero-order chi connectivity index (χ0) is 18.8. The highest BCUT2D eigenvalue weighted by Crippen LogP contribution is 2.23. The first kappa shape index (κ1) is 17.7. The third-order valence-electron chi connectivity index (χ3n) is 4.80. The smallest absolute Gasteiger partial charge is 0.316 e. The Morgan fingerprint density at radius 3 is 2.70 bits per heavy atom. The molecule has 0 radical (unpaired) electrons. The molecule has 1 N–H and O–H groups in total. The van der Waals surface area contributed by atoms with Crippen LogP contribution in [0.2, 0.25) is 5.02 Å². The molecule has 0 spiro atoms. The molecule has 1 fully saturated rings. The highest BCUT2D eigenvalue weighted by molar-refractivity contribution is 6.30. The summed E-state index contributed by atoms with van der Waals surface area (Å²) in [6, 6.07) is 6.16. The van der Waals surface area contributed by atoms with Gasteiger partial charge in [-0.05, 0) is 44.7 Å². The Kier molecular flexibility index (Phi) is 4.94. The molecule has 1 amide bonds. The molecule has 3 aromatic heterocycles. The molecular formula is C19H20ClN5O2. The molecule has 0 saturated heterocycles. The van der Waals surface area contributed by atoms with Gasteiger partial charge in [0, 0.05) is 12.2 Å². The number of fused-ring (bicyclic) bond motifs is 1. The molecule has 0 unspecified atom stereocenters. The molecule has 3 heterocycles. The first-order valence-corrected chi connectivity index (χ1v) is 9.36. The van der Waals surface area contributed by atoms with E-state index in [1.807, 2.05) is 35.7 Å². The number of nitrogens with zero attached hydrogens (tertiary/aromatic N) is 4. The fourth-order valence-electron chi connectivity index (χ4n) is 3.48. The number of hydrogen-bond donors (Lipinski definition) is 1. The molecule has 27 heavy (non-hydrogen) atoms. The molecule has 8 heteroatoms. The number of hydrogen-bond acceptors (Lipinski definition) is 5. The van der Waals surface area contributed by atoms with Crippen LogP contribution in [0, 0.1) is 6.92 Å². The number of aryl methyl sites for hydroxylation is 1. The third-order valence-corrected chi connectivity index (χ3v) is 4.99. The summed E-state index contributed by atoms with van der Waals surface area (Å²) in [7, 11) is 0. The predicted octanol–water partition coefficient (Wildman–Crippen LogP) is 3.21. The van der Waals surface area contributed by atoms with Crippen LogP contribution in [0.5, 0.6) is 6.01 Å². The van der Waals surface area contributed by atoms with E-state index in [2.05, 4.69) is 20.3 Å². The van der Waals surface area contributed by atoms with Crippen LogP contribution in [-0.4, -0.2) is 37.4 Å². The molecule has 0 atom stereocenters. The largest absolute Gasteiger partial charge is 0.460 e. The summed E-state index contributed by atoms with van der Waals surface area (Å²) in [6.07, 6.45) is 8.33. The molecule has 1 saturated carbocycles. The number of amides is 1. The summed E-state index contributed by atoms with van der Waals surface area (Å²) >= 11 is 5.78. The summed E-state index contributed by atoms with van der Waals surface area (Å²) < 4.78 is 7.64. The van der Waals surface area contributed by atoms with Crippen molar-refractivity contribution in [2.45, 2.75) is 44.8 Å². The van der Waals surface area contributed by atoms with E-state index >= 15 is 0 Å². The molecule has 0 bridgehead atoms. The van der Waals surface area contributed by atoms with Gasteiger partial charge in [0.25, 0.3) is 5.91 Å². The van der Waals surface area contributed by atoms with Crippen molar-refractivity contribution in [2.24, 2.45) is 0 Å². The summed E-state index contributed by atoms with van der Waals surface area (Å²) in [5.41, 5.74) is 2.11. The average Bonchev–Trinajstić information content (AvgIpc) is 3.01. The van der Waals surface area contributed by atoms with Crippen LogP contribution < -0.4 is 10.1 Å². The Labute approximate surface area is 161 Å². The number of pyridine rings is 1. The minimum Gasteiger partial charge on any atom is -0.460 e. The second-order valence-corrected chi connectivity index (χ2v) is 7.16. The lowest BCUT2D eigenvalue weighted by atomic mass is 9.93. The number of halogens is 1. The summed E-state index contributed by atoms with van der Waals surface area (Å²) in [4.78, 5) is 25.4. The molecule has 4 rings (SSSR count). The van der Waals surface area contributed by atoms with Crippen molar-refractivity contribution >= 4 is 23.2 Å². The molecule has 0 aromatic carbocycles. The first-order valence-electron chi connectivity index (χ1n) is 8.99. The zero-order valence-corrected chi connectivity index (χ0v) is 15.7. The van der Waals surface area contributed by atoms with Gasteiger partial charge in [-0.3, -0.25) is 9.20 Å². The van der Waals surface area contributed by atoms with Gasteiger partial charge in [-0.2, -0.15) is 0 Å². The average molecular weight is 386 g/mol. The maximum absolute atomic E-state index is 12.8. The number of carbonyl (C=O) groups excluding carboxylic acids is 1. The van der Waals surface area contributed by atoms with E-state index in [1.54, 1.807) is 0 Å². The van der Waals surface area contributed by atoms with Crippen LogP contribution in [0.15, 0.2) is 36.8 Å². The fourth-order valence-corrected chi connectivity index (χ4v) is 3.57. The highest BCUT2D eigenvalue weighted by atomic mass is 35.5. The minimum absolute atomic E-state index is 0.0526. The predicted molar refractivity (Wildman–Crippen MR) is 101 cm³/mol. The van der Waals surface area contributed by atoms with Gasteiger partial charge in [0.1, 0.15) is 17.4 Å². The van der Waals surface area contributed by atoms with Crippen LogP contribution in [0.1, 0.15) is 41.9 Å². The van der Waals surface area contributed by atoms with Gasteiger partial charge >= 0.3 is 6.01 Å². The van der Waals surface area contributed by atoms with Crippen LogP contribution >= 0.6 is 11.6 Å². The molecule has 3 aromatic rings. The number of carbonyl (C=O) groups is 1. The SMILES string of the molecule is Cc1nc2ccccn2c1C(=O)NC1CCC(Oc2ncc(Cl)cn2)CC1. The number of nitrogens with one attached hydrogen (secondary N) is 1. The molecule has 1 aliphatic rings. The van der Waals surface area contributed by atoms with Crippen LogP contribution in [-0.2, 0) is 0 Å². The van der Waals surface area contributed by atoms with Crippen molar-refractivity contribution in [3.8, 4) is 6.01 Å². The summed E-state index contributed by atoms with van der Waals surface area (Å²) in [5.74, 6) is -0.0865. The number of rotatable bonds is 4. The normalized spacial score (nSPS) is 19.8. The third kappa shape index (κ3) is 3.88. The Bertz CT molecular complexity index is 948. The van der Waals surface area contributed by atoms with Crippen molar-refractivity contribution in [2.75, 3.05) is 0 Å². The summed E-state index contributed by atoms with van der Waals surface area (Å²) in [5, 5.41) is 3.62. The second kappa shape index (κ2) is 7.52. The van der Waals surface area contributed by atoms with Crippen LogP contribution in [0.3, 0.4) is 0 Å². The van der Waals surface area contributed by atoms with E-state index in [1.165, 1.54) is 12.4 Å². The van der Waals surface area contributed by atoms with Crippen LogP contribution in [0.25, 0.3) is 5.65 Å². The Morgan fingerprint density at radius 2 is 1.96 bits per heavy atom. The van der Waals surface area contributed by atoms with Gasteiger partial charge in [-0.1, -0.05) is 17.7 Å². The molecular weight excluding hydrogens is 366 g/mol. The maximum Gasteiger partial charge on any atom is 0.316 e. The standard InChI is InChI=1S/C19H20ClN5O2/c1-12-17(25-9-3-2-4-16(25)23-12)18(26)24-14-5-7-15(8-6-14)27-19-21-10-13(20)11-22-19/h2-4,9-11,14-15H,5-8H2,1H3,(H,24,26). The van der Waals surface area contributed by atoms with Crippen molar-refractivity contribution < 1.29 is 9.53 Å². The molecule has 7 nitrogen and oxygen atoms in total. The minimum atomic E-state index is -0.0865. The monoisotopic (exact) mass is 385 g/mol. The van der Waals surface area contributed by atoms with E-state index < -0.39 is 0 Å². The van der Waals surface area contributed by atoms with Gasteiger partial charge in [0.2, 0.25) is 0 Å². The van der Waals surface area contributed by atoms with E-state index in [0.717, 1.165) is 37.0 Å². The first-order chi connectivity index (χ1) is 13.1. The highest BCUT2D eigenvalue weighted by Gasteiger charge is 2.26. The topological polar surface area (TPSA) is 81.4 Å². The lowest BCUT2D eigenvalue weighted by Crippen LogP contribution is -2.40. The van der Waals surface area contributed by atoms with E-state index in [-0.39, 0.29) is 18.1 Å². The number of ether oxygens (including phenoxy) is 1. The lowest BCUT2D eigenvalue weighted by molar-refractivity contribution is 0.0879. The van der Waals surface area contributed by atoms with E-state index in [0.29, 0.717) is 16.7 Å². The zero-order valence-electron chi connectivity index (χ0n) is 14.9. The Hall–Kier alpha value is -2.67. The maximum atomic E-state index is 12.8. The number of aromatic nitrogens is 4. The fraction of sp³-hybridized carbons (Fsp3) is 0.368. The Morgan fingerprint density at radius 1 is 1.22 bits per heavy atom. The molecule has 1 aliphatic carbocycles. The van der Waals surface area contributed by atoms with Crippen molar-refractivity contribution in [3.05, 3.63) is 53.2 Å². The number of imidazole rings is 1. The molecule has 140 valence electrons.